The van der Waals surface area contributed by atoms with Gasteiger partial charge in [-0.25, -0.2) is 0 Å². The van der Waals surface area contributed by atoms with Crippen LogP contribution in [0.25, 0.3) is 0 Å². The van der Waals surface area contributed by atoms with E-state index in [4.69, 9.17) is 9.47 Å². The topological polar surface area (TPSA) is 51.7 Å². The van der Waals surface area contributed by atoms with E-state index in [1.165, 1.54) is 7.11 Å². The Balaban J connectivity index is 2.30. The van der Waals surface area contributed by atoms with E-state index < -0.39 is 0 Å². The van der Waals surface area contributed by atoms with E-state index in [1.54, 1.807) is 24.1 Å². The number of carbonyl (C=O) groups is 1. The van der Waals surface area contributed by atoms with Gasteiger partial charge in [0.1, 0.15) is 5.69 Å². The molecule has 5 nitrogen and oxygen atoms in total. The first-order chi connectivity index (χ1) is 8.69. The predicted molar refractivity (Wildman–Crippen MR) is 71.6 cm³/mol. The minimum Gasteiger partial charge on any atom is -0.481 e. The molecule has 18 heavy (non-hydrogen) atoms. The van der Waals surface area contributed by atoms with Gasteiger partial charge in [-0.15, -0.1) is 0 Å². The number of anilines is 1. The molecule has 0 radical (unpaired) electrons. The van der Waals surface area contributed by atoms with Crippen LogP contribution in [0.1, 0.15) is 6.42 Å². The van der Waals surface area contributed by atoms with Gasteiger partial charge in [0.25, 0.3) is 0 Å². The first kappa shape index (κ1) is 13.1. The number of methoxy groups -OCH3 is 2. The molecule has 2 rings (SSSR count). The quantitative estimate of drug-likeness (QED) is 0.796. The highest BCUT2D eigenvalue weighted by atomic mass is 79.9. The second-order valence-corrected chi connectivity index (χ2v) is 4.76. The molecule has 0 spiro atoms. The molecule has 1 fully saturated rings. The lowest BCUT2D eigenvalue weighted by molar-refractivity contribution is -0.117. The summed E-state index contributed by atoms with van der Waals surface area (Å²) >= 11 is 3.42. The number of aromatic nitrogens is 1. The summed E-state index contributed by atoms with van der Waals surface area (Å²) < 4.78 is 10.3. The van der Waals surface area contributed by atoms with Gasteiger partial charge in [-0.2, -0.15) is 4.98 Å². The monoisotopic (exact) mass is 314 g/mol. The van der Waals surface area contributed by atoms with Crippen LogP contribution < -0.4 is 14.4 Å². The number of ether oxygens (including phenoxy) is 2. The molecule has 1 atom stereocenters. The minimum absolute atomic E-state index is 0.102. The van der Waals surface area contributed by atoms with E-state index in [-0.39, 0.29) is 5.91 Å². The Labute approximate surface area is 114 Å². The third kappa shape index (κ3) is 2.43. The molecule has 0 aromatic carbocycles. The van der Waals surface area contributed by atoms with Crippen LogP contribution >= 0.6 is 15.9 Å². The standard InChI is InChI=1S/C12H15BrN2O3/c1-17-10-4-3-9(12(14-10)18-2)15-7-8(6-13)5-11(15)16/h3-4,8H,5-7H2,1-2H3. The summed E-state index contributed by atoms with van der Waals surface area (Å²) in [5, 5.41) is 0.821. The van der Waals surface area contributed by atoms with Gasteiger partial charge in [0, 0.05) is 24.4 Å². The zero-order chi connectivity index (χ0) is 13.1. The molecule has 1 aromatic heterocycles. The SMILES string of the molecule is COc1ccc(N2CC(CBr)CC2=O)c(OC)n1. The van der Waals surface area contributed by atoms with Gasteiger partial charge in [-0.1, -0.05) is 15.9 Å². The summed E-state index contributed by atoms with van der Waals surface area (Å²) in [7, 11) is 3.08. The van der Waals surface area contributed by atoms with Gasteiger partial charge in [-0.3, -0.25) is 4.79 Å². The number of hydrogen-bond donors (Lipinski definition) is 0. The largest absolute Gasteiger partial charge is 0.481 e. The van der Waals surface area contributed by atoms with Crippen LogP contribution in [0.4, 0.5) is 5.69 Å². The highest BCUT2D eigenvalue weighted by Crippen LogP contribution is 2.33. The first-order valence-corrected chi connectivity index (χ1v) is 6.77. The summed E-state index contributed by atoms with van der Waals surface area (Å²) in [6.07, 6.45) is 0.556. The van der Waals surface area contributed by atoms with Crippen LogP contribution in [0.15, 0.2) is 12.1 Å². The molecule has 1 unspecified atom stereocenters. The fraction of sp³-hybridized carbons (Fsp3) is 0.500. The number of carbonyl (C=O) groups excluding carboxylic acids is 1. The highest BCUT2D eigenvalue weighted by Gasteiger charge is 2.31. The smallest absolute Gasteiger partial charge is 0.241 e. The number of halogens is 1. The Bertz CT molecular complexity index is 453. The molecular formula is C12H15BrN2O3. The van der Waals surface area contributed by atoms with Crippen LogP contribution in [0, 0.1) is 5.92 Å². The van der Waals surface area contributed by atoms with E-state index in [1.807, 2.05) is 0 Å². The molecule has 1 aliphatic heterocycles. The van der Waals surface area contributed by atoms with E-state index >= 15 is 0 Å². The molecule has 1 aliphatic rings. The van der Waals surface area contributed by atoms with Crippen molar-refractivity contribution in [1.29, 1.82) is 0 Å². The van der Waals surface area contributed by atoms with E-state index in [2.05, 4.69) is 20.9 Å². The van der Waals surface area contributed by atoms with Gasteiger partial charge < -0.3 is 14.4 Å². The highest BCUT2D eigenvalue weighted by molar-refractivity contribution is 9.09. The molecule has 1 amide bonds. The van der Waals surface area contributed by atoms with Gasteiger partial charge in [0.15, 0.2) is 0 Å². The minimum atomic E-state index is 0.102. The van der Waals surface area contributed by atoms with Crippen LogP contribution in [-0.2, 0) is 4.79 Å². The summed E-state index contributed by atoms with van der Waals surface area (Å²) in [5.74, 6) is 1.33. The Morgan fingerprint density at radius 2 is 2.22 bits per heavy atom. The molecule has 0 saturated carbocycles. The molecule has 1 saturated heterocycles. The maximum absolute atomic E-state index is 12.0. The van der Waals surface area contributed by atoms with Gasteiger partial charge in [0.05, 0.1) is 14.2 Å². The normalized spacial score (nSPS) is 19.2. The van der Waals surface area contributed by atoms with Crippen LogP contribution in [0.5, 0.6) is 11.8 Å². The van der Waals surface area contributed by atoms with Crippen molar-refractivity contribution in [3.8, 4) is 11.8 Å². The Morgan fingerprint density at radius 3 is 2.78 bits per heavy atom. The summed E-state index contributed by atoms with van der Waals surface area (Å²) in [6.45, 7) is 0.689. The zero-order valence-corrected chi connectivity index (χ0v) is 11.9. The summed E-state index contributed by atoms with van der Waals surface area (Å²) in [6, 6.07) is 3.53. The fourth-order valence-corrected chi connectivity index (χ4v) is 2.44. The fourth-order valence-electron chi connectivity index (χ4n) is 2.00. The van der Waals surface area contributed by atoms with Gasteiger partial charge in [0.2, 0.25) is 17.7 Å². The zero-order valence-electron chi connectivity index (χ0n) is 10.4. The van der Waals surface area contributed by atoms with E-state index in [9.17, 15) is 4.79 Å². The molecule has 0 aliphatic carbocycles. The molecule has 1 aromatic rings. The van der Waals surface area contributed by atoms with Crippen LogP contribution in [0.3, 0.4) is 0 Å². The van der Waals surface area contributed by atoms with Crippen molar-refractivity contribution < 1.29 is 14.3 Å². The molecule has 0 N–H and O–H groups in total. The van der Waals surface area contributed by atoms with E-state index in [0.29, 0.717) is 36.3 Å². The van der Waals surface area contributed by atoms with Crippen molar-refractivity contribution in [2.75, 3.05) is 31.0 Å². The second kappa shape index (κ2) is 5.56. The predicted octanol–water partition coefficient (Wildman–Crippen LogP) is 1.85. The third-order valence-electron chi connectivity index (χ3n) is 2.93. The van der Waals surface area contributed by atoms with E-state index in [0.717, 1.165) is 5.33 Å². The average molecular weight is 315 g/mol. The lowest BCUT2D eigenvalue weighted by Crippen LogP contribution is -2.25. The number of alkyl halides is 1. The number of rotatable bonds is 4. The van der Waals surface area contributed by atoms with Crippen molar-refractivity contribution in [3.63, 3.8) is 0 Å². The van der Waals surface area contributed by atoms with Crippen molar-refractivity contribution in [3.05, 3.63) is 12.1 Å². The number of pyridine rings is 1. The maximum Gasteiger partial charge on any atom is 0.241 e. The number of amides is 1. The second-order valence-electron chi connectivity index (χ2n) is 4.11. The lowest BCUT2D eigenvalue weighted by Gasteiger charge is -2.18. The molecule has 2 heterocycles. The average Bonchev–Trinajstić information content (AvgIpc) is 2.79. The van der Waals surface area contributed by atoms with Crippen molar-refractivity contribution in [2.45, 2.75) is 6.42 Å². The molecular weight excluding hydrogens is 300 g/mol. The van der Waals surface area contributed by atoms with Crippen LogP contribution in [0.2, 0.25) is 0 Å². The molecule has 98 valence electrons. The summed E-state index contributed by atoms with van der Waals surface area (Å²) in [4.78, 5) is 17.9. The Hall–Kier alpha value is -1.30. The maximum atomic E-state index is 12.0. The van der Waals surface area contributed by atoms with Crippen molar-refractivity contribution in [2.24, 2.45) is 5.92 Å². The number of hydrogen-bond acceptors (Lipinski definition) is 4. The lowest BCUT2D eigenvalue weighted by atomic mass is 10.2. The first-order valence-electron chi connectivity index (χ1n) is 5.65. The number of nitrogens with zero attached hydrogens (tertiary/aromatic N) is 2. The van der Waals surface area contributed by atoms with Crippen molar-refractivity contribution in [1.82, 2.24) is 4.98 Å². The van der Waals surface area contributed by atoms with Gasteiger partial charge in [-0.05, 0) is 12.0 Å². The van der Waals surface area contributed by atoms with Crippen LogP contribution in [-0.4, -0.2) is 37.0 Å². The molecule has 0 bridgehead atoms. The van der Waals surface area contributed by atoms with Gasteiger partial charge >= 0.3 is 0 Å². The third-order valence-corrected chi connectivity index (χ3v) is 3.85. The molecule has 6 heteroatoms. The summed E-state index contributed by atoms with van der Waals surface area (Å²) in [5.41, 5.74) is 0.701. The Kier molecular flexibility index (Phi) is 4.06. The van der Waals surface area contributed by atoms with Crippen molar-refractivity contribution >= 4 is 27.5 Å². The Morgan fingerprint density at radius 1 is 1.44 bits per heavy atom.